The number of hydrogen-bond donors (Lipinski definition) is 1. The monoisotopic (exact) mass is 301 g/mol. The summed E-state index contributed by atoms with van der Waals surface area (Å²) < 4.78 is 0. The highest BCUT2D eigenvalue weighted by Gasteiger charge is 2.05. The number of halogens is 1. The van der Waals surface area contributed by atoms with Crippen LogP contribution in [0.3, 0.4) is 0 Å². The van der Waals surface area contributed by atoms with Crippen molar-refractivity contribution < 1.29 is 4.79 Å². The van der Waals surface area contributed by atoms with E-state index >= 15 is 0 Å². The predicted octanol–water partition coefficient (Wildman–Crippen LogP) is 4.21. The average Bonchev–Trinajstić information content (AvgIpc) is 2.47. The summed E-state index contributed by atoms with van der Waals surface area (Å²) in [5.74, 6) is 0.0492. The van der Waals surface area contributed by atoms with E-state index in [1.54, 1.807) is 0 Å². The van der Waals surface area contributed by atoms with E-state index in [4.69, 9.17) is 11.6 Å². The molecule has 0 unspecified atom stereocenters. The van der Waals surface area contributed by atoms with Gasteiger partial charge in [-0.15, -0.1) is 0 Å². The van der Waals surface area contributed by atoms with Gasteiger partial charge in [-0.05, 0) is 48.6 Å². The predicted molar refractivity (Wildman–Crippen MR) is 87.5 cm³/mol. The van der Waals surface area contributed by atoms with Crippen LogP contribution in [0.25, 0.3) is 0 Å². The van der Waals surface area contributed by atoms with Crippen molar-refractivity contribution in [3.8, 4) is 0 Å². The van der Waals surface area contributed by atoms with Crippen LogP contribution >= 0.6 is 11.6 Å². The number of nitrogens with one attached hydrogen (secondary N) is 1. The normalized spacial score (nSPS) is 10.4. The number of hydrogen-bond acceptors (Lipinski definition) is 1. The first kappa shape index (κ1) is 15.6. The van der Waals surface area contributed by atoms with E-state index in [0.717, 1.165) is 12.0 Å². The molecule has 0 fully saturated rings. The minimum atomic E-state index is 0.0492. The number of aryl methyl sites for hydroxylation is 3. The van der Waals surface area contributed by atoms with Gasteiger partial charge < -0.3 is 5.32 Å². The molecule has 2 aromatic carbocycles. The third kappa shape index (κ3) is 4.61. The molecule has 110 valence electrons. The minimum absolute atomic E-state index is 0.0492. The van der Waals surface area contributed by atoms with Crippen LogP contribution < -0.4 is 5.32 Å². The molecule has 0 bridgehead atoms. The molecule has 2 rings (SSSR count). The van der Waals surface area contributed by atoms with Gasteiger partial charge in [-0.2, -0.15) is 0 Å². The van der Waals surface area contributed by atoms with Crippen molar-refractivity contribution in [1.29, 1.82) is 0 Å². The fourth-order valence-corrected chi connectivity index (χ4v) is 2.34. The van der Waals surface area contributed by atoms with Gasteiger partial charge >= 0.3 is 0 Å². The molecule has 0 aliphatic heterocycles. The fourth-order valence-electron chi connectivity index (χ4n) is 2.14. The smallest absolute Gasteiger partial charge is 0.220 e. The van der Waals surface area contributed by atoms with E-state index in [1.807, 2.05) is 24.3 Å². The topological polar surface area (TPSA) is 29.1 Å². The Kier molecular flexibility index (Phi) is 5.40. The highest BCUT2D eigenvalue weighted by atomic mass is 35.5. The third-order valence-corrected chi connectivity index (χ3v) is 4.01. The average molecular weight is 302 g/mol. The van der Waals surface area contributed by atoms with Crippen LogP contribution in [0.2, 0.25) is 5.02 Å². The van der Waals surface area contributed by atoms with Gasteiger partial charge in [0.2, 0.25) is 5.91 Å². The Morgan fingerprint density at radius 3 is 2.57 bits per heavy atom. The Labute approximate surface area is 131 Å². The fraction of sp³-hybridized carbons (Fsp3) is 0.278. The van der Waals surface area contributed by atoms with Gasteiger partial charge in [0.1, 0.15) is 0 Å². The summed E-state index contributed by atoms with van der Waals surface area (Å²) in [6.45, 7) is 4.66. The summed E-state index contributed by atoms with van der Waals surface area (Å²) in [4.78, 5) is 11.9. The van der Waals surface area contributed by atoms with Crippen LogP contribution in [-0.2, 0) is 17.8 Å². The minimum Gasteiger partial charge on any atom is -0.352 e. The Balaban J connectivity index is 1.82. The van der Waals surface area contributed by atoms with E-state index in [9.17, 15) is 4.79 Å². The molecule has 1 N–H and O–H groups in total. The van der Waals surface area contributed by atoms with E-state index in [0.29, 0.717) is 18.0 Å². The van der Waals surface area contributed by atoms with Crippen molar-refractivity contribution >= 4 is 17.5 Å². The van der Waals surface area contributed by atoms with Crippen LogP contribution in [0, 0.1) is 13.8 Å². The zero-order chi connectivity index (χ0) is 15.2. The van der Waals surface area contributed by atoms with Crippen molar-refractivity contribution in [1.82, 2.24) is 5.32 Å². The van der Waals surface area contributed by atoms with Gasteiger partial charge in [-0.25, -0.2) is 0 Å². The Morgan fingerprint density at radius 2 is 1.86 bits per heavy atom. The lowest BCUT2D eigenvalue weighted by atomic mass is 10.0. The largest absolute Gasteiger partial charge is 0.352 e. The molecule has 0 aliphatic rings. The molecular formula is C18H20ClNO. The van der Waals surface area contributed by atoms with Gasteiger partial charge in [-0.1, -0.05) is 48.0 Å². The van der Waals surface area contributed by atoms with Crippen molar-refractivity contribution in [2.75, 3.05) is 0 Å². The molecule has 0 saturated heterocycles. The molecule has 21 heavy (non-hydrogen) atoms. The molecule has 0 heterocycles. The summed E-state index contributed by atoms with van der Waals surface area (Å²) >= 11 is 6.06. The third-order valence-electron chi connectivity index (χ3n) is 3.65. The number of rotatable bonds is 5. The Morgan fingerprint density at radius 1 is 1.10 bits per heavy atom. The zero-order valence-corrected chi connectivity index (χ0v) is 13.2. The molecule has 0 spiro atoms. The SMILES string of the molecule is Cc1ccc(CCC(=O)NCc2ccccc2Cl)cc1C. The molecule has 2 nitrogen and oxygen atoms in total. The van der Waals surface area contributed by atoms with Crippen molar-refractivity contribution in [2.45, 2.75) is 33.2 Å². The maximum atomic E-state index is 11.9. The Hall–Kier alpha value is -1.80. The molecule has 2 aromatic rings. The highest BCUT2D eigenvalue weighted by molar-refractivity contribution is 6.31. The molecular weight excluding hydrogens is 282 g/mol. The summed E-state index contributed by atoms with van der Waals surface area (Å²) in [5.41, 5.74) is 4.69. The summed E-state index contributed by atoms with van der Waals surface area (Å²) in [6.07, 6.45) is 1.25. The van der Waals surface area contributed by atoms with Crippen molar-refractivity contribution in [2.24, 2.45) is 0 Å². The molecule has 3 heteroatoms. The van der Waals surface area contributed by atoms with Crippen LogP contribution in [0.1, 0.15) is 28.7 Å². The summed E-state index contributed by atoms with van der Waals surface area (Å²) in [5, 5.41) is 3.60. The lowest BCUT2D eigenvalue weighted by molar-refractivity contribution is -0.121. The van der Waals surface area contributed by atoms with Gasteiger partial charge in [0.05, 0.1) is 0 Å². The molecule has 0 aromatic heterocycles. The van der Waals surface area contributed by atoms with Crippen LogP contribution in [0.15, 0.2) is 42.5 Å². The number of carbonyl (C=O) groups excluding carboxylic acids is 1. The summed E-state index contributed by atoms with van der Waals surface area (Å²) in [6, 6.07) is 13.9. The maximum Gasteiger partial charge on any atom is 0.220 e. The number of amides is 1. The lowest BCUT2D eigenvalue weighted by Gasteiger charge is -2.08. The second kappa shape index (κ2) is 7.28. The van der Waals surface area contributed by atoms with Crippen LogP contribution in [0.5, 0.6) is 0 Å². The van der Waals surface area contributed by atoms with E-state index in [1.165, 1.54) is 16.7 Å². The van der Waals surface area contributed by atoms with Gasteiger partial charge in [0.25, 0.3) is 0 Å². The van der Waals surface area contributed by atoms with Gasteiger partial charge in [-0.3, -0.25) is 4.79 Å². The second-order valence-corrected chi connectivity index (χ2v) is 5.69. The number of carbonyl (C=O) groups is 1. The van der Waals surface area contributed by atoms with E-state index in [-0.39, 0.29) is 5.91 Å². The molecule has 0 atom stereocenters. The first-order valence-corrected chi connectivity index (χ1v) is 7.50. The number of benzene rings is 2. The standard InChI is InChI=1S/C18H20ClNO/c1-13-7-8-15(11-14(13)2)9-10-18(21)20-12-16-5-3-4-6-17(16)19/h3-8,11H,9-10,12H2,1-2H3,(H,20,21). The molecule has 0 saturated carbocycles. The second-order valence-electron chi connectivity index (χ2n) is 5.29. The molecule has 0 radical (unpaired) electrons. The molecule has 0 aliphatic carbocycles. The first-order valence-electron chi connectivity index (χ1n) is 7.12. The van der Waals surface area contributed by atoms with Gasteiger partial charge in [0, 0.05) is 18.0 Å². The van der Waals surface area contributed by atoms with Crippen LogP contribution in [0.4, 0.5) is 0 Å². The van der Waals surface area contributed by atoms with E-state index < -0.39 is 0 Å². The lowest BCUT2D eigenvalue weighted by Crippen LogP contribution is -2.23. The Bertz CT molecular complexity index is 637. The quantitative estimate of drug-likeness (QED) is 0.881. The first-order chi connectivity index (χ1) is 10.1. The van der Waals surface area contributed by atoms with E-state index in [2.05, 4.69) is 37.4 Å². The van der Waals surface area contributed by atoms with Crippen molar-refractivity contribution in [3.05, 3.63) is 69.7 Å². The summed E-state index contributed by atoms with van der Waals surface area (Å²) in [7, 11) is 0. The zero-order valence-electron chi connectivity index (χ0n) is 12.4. The molecule has 1 amide bonds. The van der Waals surface area contributed by atoms with Crippen LogP contribution in [-0.4, -0.2) is 5.91 Å². The maximum absolute atomic E-state index is 11.9. The highest BCUT2D eigenvalue weighted by Crippen LogP contribution is 2.14. The van der Waals surface area contributed by atoms with Gasteiger partial charge in [0.15, 0.2) is 0 Å². The van der Waals surface area contributed by atoms with Crippen molar-refractivity contribution in [3.63, 3.8) is 0 Å².